The second-order valence-corrected chi connectivity index (χ2v) is 7.80. The van der Waals surface area contributed by atoms with Crippen molar-refractivity contribution in [3.05, 3.63) is 42.0 Å². The summed E-state index contributed by atoms with van der Waals surface area (Å²) in [6.07, 6.45) is 6.05. The number of aldehydes is 1. The number of hydrogen-bond acceptors (Lipinski definition) is 3. The third-order valence-corrected chi connectivity index (χ3v) is 6.23. The van der Waals surface area contributed by atoms with Crippen LogP contribution in [0, 0.1) is 17.8 Å². The van der Waals surface area contributed by atoms with Gasteiger partial charge in [-0.25, -0.2) is 0 Å². The van der Waals surface area contributed by atoms with Crippen molar-refractivity contribution in [2.45, 2.75) is 38.6 Å². The smallest absolute Gasteiger partial charge is 0.258 e. The summed E-state index contributed by atoms with van der Waals surface area (Å²) in [7, 11) is 0. The van der Waals surface area contributed by atoms with Gasteiger partial charge in [0, 0.05) is 6.04 Å². The highest BCUT2D eigenvalue weighted by Gasteiger charge is 2.42. The van der Waals surface area contributed by atoms with Gasteiger partial charge in [0.1, 0.15) is 5.75 Å². The van der Waals surface area contributed by atoms with Crippen LogP contribution in [0.3, 0.4) is 0 Å². The molecule has 0 spiro atoms. The van der Waals surface area contributed by atoms with Crippen LogP contribution in [-0.4, -0.2) is 24.8 Å². The van der Waals surface area contributed by atoms with Crippen molar-refractivity contribution in [1.82, 2.24) is 5.32 Å². The molecule has 0 heterocycles. The first-order chi connectivity index (χ1) is 12.7. The van der Waals surface area contributed by atoms with Gasteiger partial charge in [0.2, 0.25) is 0 Å². The monoisotopic (exact) mass is 351 g/mol. The molecule has 2 aromatic rings. The minimum absolute atomic E-state index is 0.0651. The fourth-order valence-electron chi connectivity index (χ4n) is 4.98. The molecular formula is C22H25NO3. The summed E-state index contributed by atoms with van der Waals surface area (Å²) < 4.78 is 5.68. The fraction of sp³-hybridized carbons (Fsp3) is 0.455. The first kappa shape index (κ1) is 17.1. The quantitative estimate of drug-likeness (QED) is 0.801. The molecule has 4 unspecified atom stereocenters. The lowest BCUT2D eigenvalue weighted by molar-refractivity contribution is -0.124. The third-order valence-electron chi connectivity index (χ3n) is 6.23. The highest BCUT2D eigenvalue weighted by molar-refractivity contribution is 6.00. The Hall–Kier alpha value is -2.36. The maximum atomic E-state index is 12.3. The molecule has 4 nitrogen and oxygen atoms in total. The predicted molar refractivity (Wildman–Crippen MR) is 101 cm³/mol. The van der Waals surface area contributed by atoms with Gasteiger partial charge in [-0.05, 0) is 60.8 Å². The minimum Gasteiger partial charge on any atom is -0.483 e. The van der Waals surface area contributed by atoms with Crippen LogP contribution in [0.1, 0.15) is 43.0 Å². The van der Waals surface area contributed by atoms with E-state index in [2.05, 4.69) is 12.2 Å². The number of benzene rings is 2. The van der Waals surface area contributed by atoms with Crippen molar-refractivity contribution < 1.29 is 14.3 Å². The predicted octanol–water partition coefficient (Wildman–Crippen LogP) is 3.97. The molecule has 0 aliphatic heterocycles. The van der Waals surface area contributed by atoms with Crippen LogP contribution >= 0.6 is 0 Å². The Kier molecular flexibility index (Phi) is 4.66. The number of carbonyl (C=O) groups is 2. The highest BCUT2D eigenvalue weighted by Crippen LogP contribution is 2.49. The van der Waals surface area contributed by atoms with Crippen molar-refractivity contribution in [2.75, 3.05) is 6.61 Å². The minimum atomic E-state index is -0.120. The van der Waals surface area contributed by atoms with E-state index in [-0.39, 0.29) is 18.6 Å². The Balaban J connectivity index is 1.38. The lowest BCUT2D eigenvalue weighted by Crippen LogP contribution is -2.42. The molecule has 1 amide bonds. The molecule has 4 atom stereocenters. The molecule has 4 heteroatoms. The number of carbonyl (C=O) groups excluding carboxylic acids is 2. The molecule has 2 saturated carbocycles. The molecule has 2 aromatic carbocycles. The molecular weight excluding hydrogens is 326 g/mol. The van der Waals surface area contributed by atoms with E-state index in [1.54, 1.807) is 6.07 Å². The average Bonchev–Trinajstić information content (AvgIpc) is 3.29. The standard InChI is InChI=1S/C22H25NO3/c1-14(19-11-15-6-7-17(19)10-15)23-22(25)13-26-21-9-8-16-4-2-3-5-18(16)20(21)12-24/h2-5,8-9,12,14-15,17,19H,6-7,10-11,13H2,1H3,(H,23,25). The second kappa shape index (κ2) is 7.10. The molecule has 2 fully saturated rings. The highest BCUT2D eigenvalue weighted by atomic mass is 16.5. The van der Waals surface area contributed by atoms with Crippen LogP contribution in [0.2, 0.25) is 0 Å². The summed E-state index contributed by atoms with van der Waals surface area (Å²) in [5.41, 5.74) is 0.497. The van der Waals surface area contributed by atoms with Crippen LogP contribution in [0.15, 0.2) is 36.4 Å². The van der Waals surface area contributed by atoms with E-state index in [4.69, 9.17) is 4.74 Å². The Morgan fingerprint density at radius 1 is 1.23 bits per heavy atom. The molecule has 0 aromatic heterocycles. The Labute approximate surface area is 153 Å². The van der Waals surface area contributed by atoms with Gasteiger partial charge in [-0.1, -0.05) is 36.8 Å². The van der Waals surface area contributed by atoms with Crippen LogP contribution in [0.5, 0.6) is 5.75 Å². The van der Waals surface area contributed by atoms with Gasteiger partial charge >= 0.3 is 0 Å². The van der Waals surface area contributed by atoms with E-state index in [0.717, 1.165) is 28.9 Å². The van der Waals surface area contributed by atoms with Crippen LogP contribution in [0.4, 0.5) is 0 Å². The summed E-state index contributed by atoms with van der Waals surface area (Å²) in [5, 5.41) is 4.93. The molecule has 4 rings (SSSR count). The first-order valence-corrected chi connectivity index (χ1v) is 9.55. The van der Waals surface area contributed by atoms with Gasteiger partial charge in [-0.15, -0.1) is 0 Å². The Bertz CT molecular complexity index is 831. The summed E-state index contributed by atoms with van der Waals surface area (Å²) in [6.45, 7) is 2.04. The molecule has 0 radical (unpaired) electrons. The average molecular weight is 351 g/mol. The van der Waals surface area contributed by atoms with Gasteiger partial charge in [0.15, 0.2) is 12.9 Å². The summed E-state index contributed by atoms with van der Waals surface area (Å²) in [5.74, 6) is 2.59. The van der Waals surface area contributed by atoms with Crippen molar-refractivity contribution in [1.29, 1.82) is 0 Å². The van der Waals surface area contributed by atoms with E-state index < -0.39 is 0 Å². The number of hydrogen-bond donors (Lipinski definition) is 1. The maximum Gasteiger partial charge on any atom is 0.258 e. The summed E-state index contributed by atoms with van der Waals surface area (Å²) >= 11 is 0. The van der Waals surface area contributed by atoms with Crippen molar-refractivity contribution in [2.24, 2.45) is 17.8 Å². The zero-order valence-corrected chi connectivity index (χ0v) is 15.1. The van der Waals surface area contributed by atoms with E-state index in [9.17, 15) is 9.59 Å². The van der Waals surface area contributed by atoms with Gasteiger partial charge in [-0.3, -0.25) is 9.59 Å². The fourth-order valence-corrected chi connectivity index (χ4v) is 4.98. The lowest BCUT2D eigenvalue weighted by atomic mass is 9.84. The topological polar surface area (TPSA) is 55.4 Å². The number of fused-ring (bicyclic) bond motifs is 3. The second-order valence-electron chi connectivity index (χ2n) is 7.80. The van der Waals surface area contributed by atoms with E-state index in [0.29, 0.717) is 17.2 Å². The first-order valence-electron chi connectivity index (χ1n) is 9.55. The van der Waals surface area contributed by atoms with Gasteiger partial charge in [0.25, 0.3) is 5.91 Å². The van der Waals surface area contributed by atoms with E-state index >= 15 is 0 Å². The lowest BCUT2D eigenvalue weighted by Gasteiger charge is -2.28. The Morgan fingerprint density at radius 3 is 2.81 bits per heavy atom. The maximum absolute atomic E-state index is 12.3. The van der Waals surface area contributed by atoms with Gasteiger partial charge in [-0.2, -0.15) is 0 Å². The largest absolute Gasteiger partial charge is 0.483 e. The molecule has 2 aliphatic rings. The molecule has 26 heavy (non-hydrogen) atoms. The van der Waals surface area contributed by atoms with Gasteiger partial charge < -0.3 is 10.1 Å². The zero-order valence-electron chi connectivity index (χ0n) is 15.1. The summed E-state index contributed by atoms with van der Waals surface area (Å²) in [6, 6.07) is 11.5. The van der Waals surface area contributed by atoms with E-state index in [1.165, 1.54) is 25.7 Å². The molecule has 1 N–H and O–H groups in total. The number of amides is 1. The normalized spacial score (nSPS) is 25.2. The number of ether oxygens (including phenoxy) is 1. The van der Waals surface area contributed by atoms with Crippen LogP contribution in [0.25, 0.3) is 10.8 Å². The third kappa shape index (κ3) is 3.20. The molecule has 136 valence electrons. The van der Waals surface area contributed by atoms with Crippen LogP contribution in [-0.2, 0) is 4.79 Å². The molecule has 0 saturated heterocycles. The zero-order chi connectivity index (χ0) is 18.1. The van der Waals surface area contributed by atoms with E-state index in [1.807, 2.05) is 30.3 Å². The number of rotatable bonds is 6. The number of nitrogens with one attached hydrogen (secondary N) is 1. The summed E-state index contributed by atoms with van der Waals surface area (Å²) in [4.78, 5) is 23.9. The van der Waals surface area contributed by atoms with Crippen molar-refractivity contribution in [3.63, 3.8) is 0 Å². The Morgan fingerprint density at radius 2 is 2.08 bits per heavy atom. The molecule has 2 aliphatic carbocycles. The SMILES string of the molecule is CC(NC(=O)COc1ccc2ccccc2c1C=O)C1CC2CCC1C2. The van der Waals surface area contributed by atoms with Crippen molar-refractivity contribution >= 4 is 23.0 Å². The van der Waals surface area contributed by atoms with Gasteiger partial charge in [0.05, 0.1) is 5.56 Å². The molecule has 2 bridgehead atoms. The van der Waals surface area contributed by atoms with Crippen molar-refractivity contribution in [3.8, 4) is 5.75 Å². The van der Waals surface area contributed by atoms with Crippen LogP contribution < -0.4 is 10.1 Å².